The number of aliphatic imine (C=N–C) groups is 1. The van der Waals surface area contributed by atoms with Gasteiger partial charge >= 0.3 is 0 Å². The second-order valence-corrected chi connectivity index (χ2v) is 11.5. The Kier molecular flexibility index (Phi) is 8.70. The number of halogens is 2. The first kappa shape index (κ1) is 30.1. The molecule has 0 radical (unpaired) electrons. The molecule has 1 fully saturated rings. The van der Waals surface area contributed by atoms with Gasteiger partial charge in [-0.3, -0.25) is 24.6 Å². The van der Waals surface area contributed by atoms with Gasteiger partial charge in [0.1, 0.15) is 17.4 Å². The molecular formula is C34H34F2N6O3. The number of benzene rings is 3. The van der Waals surface area contributed by atoms with Crippen molar-refractivity contribution in [1.29, 1.82) is 0 Å². The monoisotopic (exact) mass is 612 g/mol. The third kappa shape index (κ3) is 6.63. The number of dihydropyridines is 1. The third-order valence-electron chi connectivity index (χ3n) is 8.33. The van der Waals surface area contributed by atoms with Crippen molar-refractivity contribution in [3.8, 4) is 5.75 Å². The van der Waals surface area contributed by atoms with Crippen LogP contribution < -0.4 is 15.4 Å². The van der Waals surface area contributed by atoms with Gasteiger partial charge in [-0.2, -0.15) is 5.10 Å². The minimum atomic E-state index is -0.648. The molecule has 9 nitrogen and oxygen atoms in total. The number of hydrogen-bond donors (Lipinski definition) is 3. The number of piperidine rings is 1. The SMILES string of the molecule is COc1cccc(F)c1CN1C[C@H](NC(=O)c2ccc3[nH]nc(C4=CC=NC(C)C4)c3c2)CC[C@H]1C(=O)Nc1cccc(F)c1. The Bertz CT molecular complexity index is 1800. The number of methoxy groups -OCH3 is 1. The molecule has 0 spiro atoms. The van der Waals surface area contributed by atoms with Crippen molar-refractivity contribution in [3.63, 3.8) is 0 Å². The van der Waals surface area contributed by atoms with Crippen molar-refractivity contribution in [3.05, 3.63) is 95.2 Å². The molecule has 4 aromatic rings. The van der Waals surface area contributed by atoms with Crippen molar-refractivity contribution < 1.29 is 23.1 Å². The predicted octanol–water partition coefficient (Wildman–Crippen LogP) is 5.50. The van der Waals surface area contributed by atoms with Gasteiger partial charge in [0.25, 0.3) is 5.91 Å². The zero-order valence-corrected chi connectivity index (χ0v) is 25.0. The molecule has 11 heteroatoms. The third-order valence-corrected chi connectivity index (χ3v) is 8.33. The number of H-pyrrole nitrogens is 1. The van der Waals surface area contributed by atoms with E-state index in [9.17, 15) is 18.4 Å². The van der Waals surface area contributed by atoms with E-state index in [0.29, 0.717) is 35.4 Å². The van der Waals surface area contributed by atoms with Crippen LogP contribution in [0, 0.1) is 11.6 Å². The number of hydrogen-bond acceptors (Lipinski definition) is 6. The second-order valence-electron chi connectivity index (χ2n) is 11.5. The second kappa shape index (κ2) is 13.0. The molecule has 0 aliphatic carbocycles. The highest BCUT2D eigenvalue weighted by atomic mass is 19.1. The van der Waals surface area contributed by atoms with Crippen LogP contribution in [0.2, 0.25) is 0 Å². The van der Waals surface area contributed by atoms with E-state index in [1.54, 1.807) is 30.5 Å². The number of aromatic amines is 1. The molecule has 1 aromatic heterocycles. The number of fused-ring (bicyclic) bond motifs is 1. The fourth-order valence-corrected chi connectivity index (χ4v) is 6.07. The summed E-state index contributed by atoms with van der Waals surface area (Å²) >= 11 is 0. The molecule has 45 heavy (non-hydrogen) atoms. The molecule has 2 amide bonds. The van der Waals surface area contributed by atoms with Gasteiger partial charge in [0.2, 0.25) is 5.91 Å². The van der Waals surface area contributed by atoms with Crippen molar-refractivity contribution in [1.82, 2.24) is 20.4 Å². The van der Waals surface area contributed by atoms with Crippen LogP contribution >= 0.6 is 0 Å². The van der Waals surface area contributed by atoms with Crippen molar-refractivity contribution >= 4 is 40.2 Å². The quantitative estimate of drug-likeness (QED) is 0.244. The summed E-state index contributed by atoms with van der Waals surface area (Å²) in [6.45, 7) is 2.40. The molecule has 3 heterocycles. The van der Waals surface area contributed by atoms with Crippen LogP contribution in [0.1, 0.15) is 47.8 Å². The topological polar surface area (TPSA) is 112 Å². The molecule has 1 unspecified atom stereocenters. The van der Waals surface area contributed by atoms with Gasteiger partial charge in [0, 0.05) is 47.5 Å². The summed E-state index contributed by atoms with van der Waals surface area (Å²) in [7, 11) is 1.47. The first-order valence-corrected chi connectivity index (χ1v) is 14.9. The minimum absolute atomic E-state index is 0.0740. The summed E-state index contributed by atoms with van der Waals surface area (Å²) in [4.78, 5) is 33.2. The number of aromatic nitrogens is 2. The summed E-state index contributed by atoms with van der Waals surface area (Å²) < 4.78 is 34.2. The lowest BCUT2D eigenvalue weighted by atomic mass is 9.95. The lowest BCUT2D eigenvalue weighted by Gasteiger charge is -2.39. The number of nitrogens with zero attached hydrogens (tertiary/aromatic N) is 3. The molecule has 0 bridgehead atoms. The number of ether oxygens (including phenoxy) is 1. The van der Waals surface area contributed by atoms with E-state index < -0.39 is 17.7 Å². The lowest BCUT2D eigenvalue weighted by Crippen LogP contribution is -2.55. The smallest absolute Gasteiger partial charge is 0.251 e. The number of carbonyl (C=O) groups is 2. The Hall–Kier alpha value is -4.90. The zero-order valence-electron chi connectivity index (χ0n) is 25.0. The minimum Gasteiger partial charge on any atom is -0.496 e. The van der Waals surface area contributed by atoms with Crippen LogP contribution in [0.4, 0.5) is 14.5 Å². The molecule has 2 aliphatic rings. The van der Waals surface area contributed by atoms with Crippen LogP contribution in [0.5, 0.6) is 5.75 Å². The molecular weight excluding hydrogens is 578 g/mol. The van der Waals surface area contributed by atoms with E-state index in [1.165, 1.54) is 31.4 Å². The molecule has 1 saturated heterocycles. The number of nitrogens with one attached hydrogen (secondary N) is 3. The summed E-state index contributed by atoms with van der Waals surface area (Å²) in [5.74, 6) is -1.15. The molecule has 3 aromatic carbocycles. The number of rotatable bonds is 8. The highest BCUT2D eigenvalue weighted by molar-refractivity contribution is 6.01. The molecule has 232 valence electrons. The fraction of sp³-hybridized carbons (Fsp3) is 0.294. The van der Waals surface area contributed by atoms with Gasteiger partial charge in [-0.15, -0.1) is 0 Å². The first-order valence-electron chi connectivity index (χ1n) is 14.9. The van der Waals surface area contributed by atoms with Crippen LogP contribution in [-0.4, -0.2) is 64.9 Å². The molecule has 0 saturated carbocycles. The van der Waals surface area contributed by atoms with E-state index in [2.05, 4.69) is 25.8 Å². The number of allylic oxidation sites excluding steroid dienone is 1. The summed E-state index contributed by atoms with van der Waals surface area (Å²) in [5.41, 5.74) is 3.80. The van der Waals surface area contributed by atoms with Gasteiger partial charge in [-0.25, -0.2) is 8.78 Å². The predicted molar refractivity (Wildman–Crippen MR) is 169 cm³/mol. The fourth-order valence-electron chi connectivity index (χ4n) is 6.07. The number of carbonyl (C=O) groups excluding carboxylic acids is 2. The van der Waals surface area contributed by atoms with Crippen LogP contribution in [0.3, 0.4) is 0 Å². The van der Waals surface area contributed by atoms with E-state index >= 15 is 0 Å². The Morgan fingerprint density at radius 1 is 1.09 bits per heavy atom. The van der Waals surface area contributed by atoms with Gasteiger partial charge in [-0.1, -0.05) is 12.1 Å². The number of amides is 2. The Balaban J connectivity index is 1.22. The van der Waals surface area contributed by atoms with E-state index in [0.717, 1.165) is 28.6 Å². The highest BCUT2D eigenvalue weighted by Crippen LogP contribution is 2.30. The summed E-state index contributed by atoms with van der Waals surface area (Å²) in [6, 6.07) is 14.9. The normalized spacial score (nSPS) is 20.1. The molecule has 3 N–H and O–H groups in total. The molecule has 6 rings (SSSR count). The summed E-state index contributed by atoms with van der Waals surface area (Å²) in [6.07, 6.45) is 5.40. The van der Waals surface area contributed by atoms with Gasteiger partial charge in [-0.05, 0) is 86.4 Å². The lowest BCUT2D eigenvalue weighted by molar-refractivity contribution is -0.123. The molecule has 3 atom stereocenters. The average Bonchev–Trinajstić information content (AvgIpc) is 3.45. The van der Waals surface area contributed by atoms with Gasteiger partial charge in [0.15, 0.2) is 0 Å². The molecule has 2 aliphatic heterocycles. The van der Waals surface area contributed by atoms with E-state index in [4.69, 9.17) is 4.74 Å². The zero-order chi connectivity index (χ0) is 31.5. The maximum absolute atomic E-state index is 15.0. The van der Waals surface area contributed by atoms with E-state index in [1.807, 2.05) is 30.0 Å². The highest BCUT2D eigenvalue weighted by Gasteiger charge is 2.35. The number of likely N-dealkylation sites (tertiary alicyclic amines) is 1. The number of anilines is 1. The van der Waals surface area contributed by atoms with Gasteiger partial charge < -0.3 is 15.4 Å². The maximum Gasteiger partial charge on any atom is 0.251 e. The van der Waals surface area contributed by atoms with Crippen molar-refractivity contribution in [2.45, 2.75) is 50.9 Å². The van der Waals surface area contributed by atoms with Crippen LogP contribution in [0.15, 0.2) is 71.7 Å². The van der Waals surface area contributed by atoms with Crippen LogP contribution in [0.25, 0.3) is 16.5 Å². The first-order chi connectivity index (χ1) is 21.8. The summed E-state index contributed by atoms with van der Waals surface area (Å²) in [5, 5.41) is 14.3. The van der Waals surface area contributed by atoms with Crippen molar-refractivity contribution in [2.75, 3.05) is 19.0 Å². The Morgan fingerprint density at radius 2 is 1.93 bits per heavy atom. The largest absolute Gasteiger partial charge is 0.496 e. The maximum atomic E-state index is 15.0. The van der Waals surface area contributed by atoms with Crippen molar-refractivity contribution in [2.24, 2.45) is 4.99 Å². The van der Waals surface area contributed by atoms with E-state index in [-0.39, 0.29) is 37.0 Å². The van der Waals surface area contributed by atoms with Crippen LogP contribution in [-0.2, 0) is 11.3 Å². The Labute approximate surface area is 259 Å². The average molecular weight is 613 g/mol. The standard InChI is InChI=1S/C34H34F2N6O3/c1-20-15-21(13-14-37-20)32-26-16-22(9-11-29(26)40-41-32)33(43)39-25-10-12-30(34(44)38-24-6-3-5-23(35)17-24)42(18-25)19-27-28(36)7-4-8-31(27)45-2/h3-9,11,13-14,16-17,20,25,30H,10,12,15,18-19H2,1-2H3,(H,38,44)(H,39,43)(H,40,41)/t20?,25-,30+/m1/s1. The Morgan fingerprint density at radius 3 is 2.73 bits per heavy atom. The van der Waals surface area contributed by atoms with Gasteiger partial charge in [0.05, 0.1) is 30.4 Å².